The van der Waals surface area contributed by atoms with Crippen molar-refractivity contribution in [3.63, 3.8) is 0 Å². The van der Waals surface area contributed by atoms with E-state index in [4.69, 9.17) is 22.1 Å². The Balaban J connectivity index is 2.30. The number of rotatable bonds is 5. The van der Waals surface area contributed by atoms with Gasteiger partial charge < -0.3 is 10.5 Å². The number of ether oxygens (including phenoxy) is 1. The summed E-state index contributed by atoms with van der Waals surface area (Å²) < 4.78 is 29.1. The molecule has 6 heteroatoms. The Morgan fingerprint density at radius 1 is 1.37 bits per heavy atom. The number of nitrogens with two attached hydrogens (primary N) is 1. The van der Waals surface area contributed by atoms with E-state index in [0.717, 1.165) is 5.56 Å². The van der Waals surface area contributed by atoms with E-state index < -0.39 is 20.6 Å². The van der Waals surface area contributed by atoms with Crippen molar-refractivity contribution in [3.8, 4) is 0 Å². The molecule has 2 N–H and O–H groups in total. The van der Waals surface area contributed by atoms with Crippen LogP contribution in [-0.2, 0) is 14.6 Å². The minimum Gasteiger partial charge on any atom is -0.380 e. The Morgan fingerprint density at radius 2 is 1.95 bits per heavy atom. The minimum atomic E-state index is -3.21. The summed E-state index contributed by atoms with van der Waals surface area (Å²) >= 11 is 5.84. The maximum Gasteiger partial charge on any atom is 0.152 e. The maximum absolute atomic E-state index is 11.9. The van der Waals surface area contributed by atoms with Crippen molar-refractivity contribution >= 4 is 21.4 Å². The second-order valence-electron chi connectivity index (χ2n) is 5.03. The van der Waals surface area contributed by atoms with Crippen molar-refractivity contribution in [2.75, 3.05) is 19.5 Å². The number of halogens is 1. The van der Waals surface area contributed by atoms with E-state index in [1.54, 1.807) is 12.1 Å². The molecule has 1 aromatic carbocycles. The molecule has 1 aliphatic carbocycles. The highest BCUT2D eigenvalue weighted by atomic mass is 35.5. The molecule has 4 nitrogen and oxygen atoms in total. The summed E-state index contributed by atoms with van der Waals surface area (Å²) in [6.45, 7) is 2.62. The first-order valence-electron chi connectivity index (χ1n) is 6.11. The fraction of sp³-hybridized carbons (Fsp3) is 0.538. The molecule has 0 bridgehead atoms. The van der Waals surface area contributed by atoms with E-state index in [2.05, 4.69) is 0 Å². The second-order valence-corrected chi connectivity index (χ2v) is 7.63. The van der Waals surface area contributed by atoms with Crippen molar-refractivity contribution in [1.82, 2.24) is 0 Å². The monoisotopic (exact) mass is 303 g/mol. The van der Waals surface area contributed by atoms with Gasteiger partial charge in [0.15, 0.2) is 9.84 Å². The third-order valence-corrected chi connectivity index (χ3v) is 5.43. The van der Waals surface area contributed by atoms with E-state index in [0.29, 0.717) is 11.6 Å². The second kappa shape index (κ2) is 5.05. The summed E-state index contributed by atoms with van der Waals surface area (Å²) in [5.41, 5.74) is 6.30. The van der Waals surface area contributed by atoms with Crippen molar-refractivity contribution in [1.29, 1.82) is 0 Å². The summed E-state index contributed by atoms with van der Waals surface area (Å²) in [4.78, 5) is 0. The molecule has 0 spiro atoms. The Bertz CT molecular complexity index is 558. The molecule has 0 saturated heterocycles. The molecule has 2 rings (SSSR count). The van der Waals surface area contributed by atoms with E-state index in [9.17, 15) is 8.42 Å². The minimum absolute atomic E-state index is 0.230. The zero-order valence-electron chi connectivity index (χ0n) is 11.0. The zero-order chi connectivity index (χ0) is 14.3. The first-order valence-corrected chi connectivity index (χ1v) is 8.45. The number of benzene rings is 1. The lowest BCUT2D eigenvalue weighted by atomic mass is 10.1. The Kier molecular flexibility index (Phi) is 3.93. The quantitative estimate of drug-likeness (QED) is 0.897. The van der Waals surface area contributed by atoms with Gasteiger partial charge in [-0.05, 0) is 24.6 Å². The van der Waals surface area contributed by atoms with E-state index >= 15 is 0 Å². The van der Waals surface area contributed by atoms with Gasteiger partial charge in [-0.1, -0.05) is 23.7 Å². The van der Waals surface area contributed by atoms with E-state index in [1.165, 1.54) is 6.26 Å². The summed E-state index contributed by atoms with van der Waals surface area (Å²) in [6.07, 6.45) is 1.22. The van der Waals surface area contributed by atoms with Gasteiger partial charge in [-0.2, -0.15) is 0 Å². The van der Waals surface area contributed by atoms with Crippen molar-refractivity contribution in [2.45, 2.75) is 23.6 Å². The van der Waals surface area contributed by atoms with Crippen LogP contribution in [0.15, 0.2) is 24.3 Å². The van der Waals surface area contributed by atoms with Crippen LogP contribution >= 0.6 is 11.6 Å². The Hall–Kier alpha value is -0.620. The summed E-state index contributed by atoms with van der Waals surface area (Å²) in [7, 11) is -3.21. The highest BCUT2D eigenvalue weighted by Crippen LogP contribution is 2.54. The zero-order valence-corrected chi connectivity index (χ0v) is 12.5. The summed E-state index contributed by atoms with van der Waals surface area (Å²) in [5, 5.41) is 0.0282. The average molecular weight is 304 g/mol. The van der Waals surface area contributed by atoms with Gasteiger partial charge in [0.2, 0.25) is 0 Å². The van der Waals surface area contributed by atoms with Gasteiger partial charge in [0, 0.05) is 23.8 Å². The van der Waals surface area contributed by atoms with Gasteiger partial charge in [0.25, 0.3) is 0 Å². The van der Waals surface area contributed by atoms with Crippen LogP contribution in [0.4, 0.5) is 0 Å². The molecule has 19 heavy (non-hydrogen) atoms. The molecule has 0 aromatic heterocycles. The normalized spacial score (nSPS) is 30.3. The third-order valence-electron chi connectivity index (χ3n) is 3.55. The Labute approximate surface area is 118 Å². The lowest BCUT2D eigenvalue weighted by Gasteiger charge is -2.11. The molecular weight excluding hydrogens is 286 g/mol. The molecule has 3 atom stereocenters. The topological polar surface area (TPSA) is 69.4 Å². The lowest BCUT2D eigenvalue weighted by molar-refractivity contribution is 0.125. The standard InChI is InChI=1S/C13H18ClNO3S/c1-3-18-8-13(15)11(12(13)19(2,16)17)9-4-6-10(14)7-5-9/h4-7,11-12H,3,8,15H2,1-2H3/t11-,12+,13-/m0/s1. The van der Waals surface area contributed by atoms with Crippen LogP contribution in [0.2, 0.25) is 5.02 Å². The highest BCUT2D eigenvalue weighted by Gasteiger charge is 2.67. The molecule has 0 radical (unpaired) electrons. The highest BCUT2D eigenvalue weighted by molar-refractivity contribution is 7.91. The molecule has 1 saturated carbocycles. The van der Waals surface area contributed by atoms with Crippen molar-refractivity contribution in [3.05, 3.63) is 34.9 Å². The number of hydrogen-bond donors (Lipinski definition) is 1. The molecular formula is C13H18ClNO3S. The van der Waals surface area contributed by atoms with Gasteiger partial charge in [-0.25, -0.2) is 8.42 Å². The van der Waals surface area contributed by atoms with E-state index in [-0.39, 0.29) is 12.5 Å². The van der Waals surface area contributed by atoms with Crippen LogP contribution in [0.5, 0.6) is 0 Å². The van der Waals surface area contributed by atoms with Crippen LogP contribution in [0.3, 0.4) is 0 Å². The molecule has 106 valence electrons. The third kappa shape index (κ3) is 2.79. The SMILES string of the molecule is CCOC[C@@]1(N)[C@H](S(C)(=O)=O)[C@@H]1c1ccc(Cl)cc1. The average Bonchev–Trinajstić information content (AvgIpc) is 2.95. The molecule has 0 aliphatic heterocycles. The molecule has 1 aromatic rings. The van der Waals surface area contributed by atoms with Crippen LogP contribution < -0.4 is 5.73 Å². The smallest absolute Gasteiger partial charge is 0.152 e. The number of hydrogen-bond acceptors (Lipinski definition) is 4. The van der Waals surface area contributed by atoms with Gasteiger partial charge in [-0.3, -0.25) is 0 Å². The molecule has 1 aliphatic rings. The molecule has 0 heterocycles. The largest absolute Gasteiger partial charge is 0.380 e. The first kappa shape index (κ1) is 14.8. The predicted molar refractivity (Wildman–Crippen MR) is 76.2 cm³/mol. The first-order chi connectivity index (χ1) is 8.80. The molecule has 0 unspecified atom stereocenters. The van der Waals surface area contributed by atoms with Crippen molar-refractivity contribution < 1.29 is 13.2 Å². The van der Waals surface area contributed by atoms with Gasteiger partial charge >= 0.3 is 0 Å². The van der Waals surface area contributed by atoms with E-state index in [1.807, 2.05) is 19.1 Å². The number of sulfone groups is 1. The molecule has 0 amide bonds. The lowest BCUT2D eigenvalue weighted by Crippen LogP contribution is -2.36. The fourth-order valence-electron chi connectivity index (χ4n) is 2.67. The Morgan fingerprint density at radius 3 is 2.42 bits per heavy atom. The van der Waals surface area contributed by atoms with Crippen LogP contribution in [0, 0.1) is 0 Å². The fourth-order valence-corrected chi connectivity index (χ4v) is 4.64. The van der Waals surface area contributed by atoms with Crippen LogP contribution in [-0.4, -0.2) is 38.7 Å². The maximum atomic E-state index is 11.9. The summed E-state index contributed by atoms with van der Waals surface area (Å²) in [6, 6.07) is 7.14. The van der Waals surface area contributed by atoms with Crippen LogP contribution in [0.1, 0.15) is 18.4 Å². The van der Waals surface area contributed by atoms with Gasteiger partial charge in [0.05, 0.1) is 17.4 Å². The molecule has 1 fully saturated rings. The van der Waals surface area contributed by atoms with Crippen molar-refractivity contribution in [2.24, 2.45) is 5.73 Å². The predicted octanol–water partition coefficient (Wildman–Crippen LogP) is 1.58. The summed E-state index contributed by atoms with van der Waals surface area (Å²) in [5.74, 6) is -0.230. The van der Waals surface area contributed by atoms with Gasteiger partial charge in [0.1, 0.15) is 0 Å². The van der Waals surface area contributed by atoms with Gasteiger partial charge in [-0.15, -0.1) is 0 Å². The van der Waals surface area contributed by atoms with Crippen LogP contribution in [0.25, 0.3) is 0 Å².